The van der Waals surface area contributed by atoms with Crippen molar-refractivity contribution in [2.75, 3.05) is 0 Å². The van der Waals surface area contributed by atoms with Crippen LogP contribution in [-0.4, -0.2) is 9.13 Å². The summed E-state index contributed by atoms with van der Waals surface area (Å²) in [4.78, 5) is 0. The Balaban J connectivity index is 1.09. The van der Waals surface area contributed by atoms with Gasteiger partial charge in [-0.15, -0.1) is 0 Å². The van der Waals surface area contributed by atoms with Gasteiger partial charge in [-0.25, -0.2) is 0 Å². The molecule has 0 saturated heterocycles. The molecule has 12 aromatic rings. The lowest BCUT2D eigenvalue weighted by Crippen LogP contribution is -1.96. The maximum atomic E-state index is 6.72. The topological polar surface area (TPSA) is 23.0 Å². The number of benzene rings is 9. The van der Waals surface area contributed by atoms with Crippen LogP contribution in [-0.2, 0) is 0 Å². The van der Waals surface area contributed by atoms with Gasteiger partial charge in [0.25, 0.3) is 0 Å². The summed E-state index contributed by atoms with van der Waals surface area (Å²) in [6.07, 6.45) is 0. The van der Waals surface area contributed by atoms with Crippen molar-refractivity contribution in [3.63, 3.8) is 0 Å². The lowest BCUT2D eigenvalue weighted by Gasteiger charge is -2.13. The highest BCUT2D eigenvalue weighted by molar-refractivity contribution is 6.17. The van der Waals surface area contributed by atoms with Crippen molar-refractivity contribution in [3.8, 4) is 44.8 Å². The summed E-state index contributed by atoms with van der Waals surface area (Å²) in [7, 11) is 0. The highest BCUT2D eigenvalue weighted by Gasteiger charge is 2.21. The molecule has 3 heterocycles. The first-order valence-electron chi connectivity index (χ1n) is 19.5. The quantitative estimate of drug-likeness (QED) is 0.173. The first-order chi connectivity index (χ1) is 28.3. The number of rotatable bonds is 5. The molecule has 0 saturated carbocycles. The van der Waals surface area contributed by atoms with Gasteiger partial charge < -0.3 is 13.6 Å². The fourth-order valence-electron chi connectivity index (χ4n) is 9.14. The molecule has 12 rings (SSSR count). The van der Waals surface area contributed by atoms with Gasteiger partial charge in [0.2, 0.25) is 0 Å². The minimum atomic E-state index is 0.886. The predicted octanol–water partition coefficient (Wildman–Crippen LogP) is 14.8. The SMILES string of the molecule is c1ccc(-c2cccc(-n3c4ccccc4c4ccc(-c5ccc6c7ccccc7n(-c7ccc(-c8ccccc8)c8oc9ccccc9c78)c6c5)cc43)c2)cc1. The number of fused-ring (bicyclic) bond motifs is 9. The molecule has 57 heavy (non-hydrogen) atoms. The van der Waals surface area contributed by atoms with Crippen LogP contribution >= 0.6 is 0 Å². The number of aromatic nitrogens is 2. The molecule has 0 spiro atoms. The maximum Gasteiger partial charge on any atom is 0.145 e. The van der Waals surface area contributed by atoms with Crippen LogP contribution in [0.3, 0.4) is 0 Å². The minimum absolute atomic E-state index is 0.886. The fraction of sp³-hybridized carbons (Fsp3) is 0. The summed E-state index contributed by atoms with van der Waals surface area (Å²) < 4.78 is 11.6. The Morgan fingerprint density at radius 1 is 0.316 bits per heavy atom. The van der Waals surface area contributed by atoms with Gasteiger partial charge in [0, 0.05) is 38.2 Å². The van der Waals surface area contributed by atoms with E-state index in [-0.39, 0.29) is 0 Å². The third-order valence-electron chi connectivity index (χ3n) is 11.7. The van der Waals surface area contributed by atoms with Crippen molar-refractivity contribution in [3.05, 3.63) is 206 Å². The Morgan fingerprint density at radius 2 is 0.842 bits per heavy atom. The van der Waals surface area contributed by atoms with Gasteiger partial charge in [0.15, 0.2) is 0 Å². The van der Waals surface area contributed by atoms with Gasteiger partial charge in [-0.3, -0.25) is 0 Å². The van der Waals surface area contributed by atoms with Crippen molar-refractivity contribution < 1.29 is 4.42 Å². The Kier molecular flexibility index (Phi) is 6.93. The Labute approximate surface area is 328 Å². The van der Waals surface area contributed by atoms with E-state index in [9.17, 15) is 0 Å². The van der Waals surface area contributed by atoms with Crippen LogP contribution in [0.4, 0.5) is 0 Å². The summed E-state index contributed by atoms with van der Waals surface area (Å²) in [6, 6.07) is 74.4. The number of para-hydroxylation sites is 3. The van der Waals surface area contributed by atoms with Crippen LogP contribution in [0, 0.1) is 0 Å². The van der Waals surface area contributed by atoms with Crippen molar-refractivity contribution >= 4 is 65.6 Å². The van der Waals surface area contributed by atoms with Gasteiger partial charge in [-0.05, 0) is 82.4 Å². The third-order valence-corrected chi connectivity index (χ3v) is 11.7. The molecular formula is C54H34N2O. The number of nitrogens with zero attached hydrogens (tertiary/aromatic N) is 2. The normalized spacial score (nSPS) is 11.9. The molecule has 0 aliphatic carbocycles. The van der Waals surface area contributed by atoms with E-state index in [1.54, 1.807) is 0 Å². The summed E-state index contributed by atoms with van der Waals surface area (Å²) >= 11 is 0. The van der Waals surface area contributed by atoms with E-state index >= 15 is 0 Å². The van der Waals surface area contributed by atoms with Gasteiger partial charge in [0.1, 0.15) is 11.2 Å². The van der Waals surface area contributed by atoms with E-state index < -0.39 is 0 Å². The second-order valence-corrected chi connectivity index (χ2v) is 14.9. The van der Waals surface area contributed by atoms with E-state index in [2.05, 4.69) is 215 Å². The average Bonchev–Trinajstić information content (AvgIpc) is 3.94. The molecule has 0 fully saturated rings. The van der Waals surface area contributed by atoms with Crippen LogP contribution < -0.4 is 0 Å². The molecule has 9 aromatic carbocycles. The van der Waals surface area contributed by atoms with Crippen molar-refractivity contribution in [1.82, 2.24) is 9.13 Å². The lowest BCUT2D eigenvalue weighted by atomic mass is 10.0. The van der Waals surface area contributed by atoms with Gasteiger partial charge in [-0.1, -0.05) is 152 Å². The zero-order chi connectivity index (χ0) is 37.5. The smallest absolute Gasteiger partial charge is 0.145 e. The van der Waals surface area contributed by atoms with Crippen molar-refractivity contribution in [2.45, 2.75) is 0 Å². The summed E-state index contributed by atoms with van der Waals surface area (Å²) in [5, 5.41) is 7.15. The molecule has 0 aliphatic heterocycles. The maximum absolute atomic E-state index is 6.72. The van der Waals surface area contributed by atoms with Gasteiger partial charge in [-0.2, -0.15) is 0 Å². The van der Waals surface area contributed by atoms with Crippen LogP contribution in [0.1, 0.15) is 0 Å². The molecule has 3 aromatic heterocycles. The van der Waals surface area contributed by atoms with E-state index in [0.717, 1.165) is 61.0 Å². The largest absolute Gasteiger partial charge is 0.455 e. The first kappa shape index (κ1) is 31.7. The van der Waals surface area contributed by atoms with E-state index in [0.29, 0.717) is 0 Å². The van der Waals surface area contributed by atoms with E-state index in [1.807, 2.05) is 0 Å². The Morgan fingerprint density at radius 3 is 1.54 bits per heavy atom. The molecule has 0 atom stereocenters. The van der Waals surface area contributed by atoms with Crippen molar-refractivity contribution in [1.29, 1.82) is 0 Å². The zero-order valence-corrected chi connectivity index (χ0v) is 30.9. The molecule has 0 amide bonds. The molecule has 3 heteroatoms. The van der Waals surface area contributed by atoms with E-state index in [1.165, 1.54) is 49.3 Å². The molecule has 0 unspecified atom stereocenters. The molecular weight excluding hydrogens is 693 g/mol. The lowest BCUT2D eigenvalue weighted by molar-refractivity contribution is 0.670. The second-order valence-electron chi connectivity index (χ2n) is 14.9. The molecule has 0 N–H and O–H groups in total. The molecule has 266 valence electrons. The molecule has 3 nitrogen and oxygen atoms in total. The van der Waals surface area contributed by atoms with Crippen LogP contribution in [0.15, 0.2) is 211 Å². The van der Waals surface area contributed by atoms with Crippen molar-refractivity contribution in [2.24, 2.45) is 0 Å². The van der Waals surface area contributed by atoms with Crippen LogP contribution in [0.25, 0.3) is 110 Å². The average molecular weight is 727 g/mol. The summed E-state index contributed by atoms with van der Waals surface area (Å²) in [5.74, 6) is 0. The highest BCUT2D eigenvalue weighted by atomic mass is 16.3. The summed E-state index contributed by atoms with van der Waals surface area (Å²) in [5.41, 5.74) is 15.7. The predicted molar refractivity (Wildman–Crippen MR) is 239 cm³/mol. The Bertz CT molecular complexity index is 3510. The monoisotopic (exact) mass is 726 g/mol. The fourth-order valence-corrected chi connectivity index (χ4v) is 9.14. The second kappa shape index (κ2) is 12.5. The molecule has 0 radical (unpaired) electrons. The minimum Gasteiger partial charge on any atom is -0.455 e. The molecule has 0 aliphatic rings. The summed E-state index contributed by atoms with van der Waals surface area (Å²) in [6.45, 7) is 0. The third kappa shape index (κ3) is 4.86. The van der Waals surface area contributed by atoms with E-state index in [4.69, 9.17) is 4.42 Å². The zero-order valence-electron chi connectivity index (χ0n) is 30.9. The first-order valence-corrected chi connectivity index (χ1v) is 19.5. The Hall–Kier alpha value is -7.62. The highest BCUT2D eigenvalue weighted by Crippen LogP contribution is 2.43. The number of hydrogen-bond acceptors (Lipinski definition) is 1. The number of hydrogen-bond donors (Lipinski definition) is 0. The van der Waals surface area contributed by atoms with Crippen LogP contribution in [0.5, 0.6) is 0 Å². The number of furan rings is 1. The van der Waals surface area contributed by atoms with Crippen LogP contribution in [0.2, 0.25) is 0 Å². The molecule has 0 bridgehead atoms. The standard InChI is InChI=1S/C54H34N2O/c1-3-14-35(15-4-1)37-18-13-19-40(32-37)55-47-23-10-7-20-42(47)44-28-26-38(33-50(44)55)39-27-29-45-43-21-8-11-24-48(43)56(51(45)34-39)49-31-30-41(36-16-5-2-6-17-36)54-53(49)46-22-9-12-25-52(46)57-54/h1-34H. The van der Waals surface area contributed by atoms with Gasteiger partial charge in [0.05, 0.1) is 33.1 Å². The van der Waals surface area contributed by atoms with Gasteiger partial charge >= 0.3 is 0 Å².